The van der Waals surface area contributed by atoms with Crippen LogP contribution in [0, 0.1) is 6.92 Å². The van der Waals surface area contributed by atoms with Gasteiger partial charge >= 0.3 is 0 Å². The van der Waals surface area contributed by atoms with Crippen LogP contribution in [0.4, 0.5) is 11.8 Å². The largest absolute Gasteiger partial charge is 0.492 e. The number of nitrogens with zero attached hydrogens (tertiary/aromatic N) is 6. The molecular weight excluding hydrogens is 470 g/mol. The molecule has 0 amide bonds. The molecule has 0 unspecified atom stereocenters. The van der Waals surface area contributed by atoms with Crippen LogP contribution in [-0.2, 0) is 6.42 Å². The Balaban J connectivity index is 1.50. The average molecular weight is 500 g/mol. The third-order valence-corrected chi connectivity index (χ3v) is 6.00. The highest BCUT2D eigenvalue weighted by Crippen LogP contribution is 2.21. The molecule has 3 heterocycles. The van der Waals surface area contributed by atoms with Crippen LogP contribution in [0.3, 0.4) is 0 Å². The SMILES string of the molecule is Cc1cccc2nc(CCNc3nc(N)nc4[nH]cnc34)n(-c3cccc(OCCN(C)C)c3)c(=O)c12. The van der Waals surface area contributed by atoms with Crippen molar-refractivity contribution in [3.63, 3.8) is 0 Å². The van der Waals surface area contributed by atoms with Crippen molar-refractivity contribution in [2.45, 2.75) is 13.3 Å². The molecule has 190 valence electrons. The molecule has 0 aliphatic rings. The fourth-order valence-corrected chi connectivity index (χ4v) is 4.20. The molecule has 4 N–H and O–H groups in total. The Labute approximate surface area is 213 Å². The Kier molecular flexibility index (Phi) is 6.69. The molecule has 0 aliphatic heterocycles. The number of aryl methyl sites for hydroxylation is 1. The Morgan fingerprint density at radius 1 is 1.14 bits per heavy atom. The summed E-state index contributed by atoms with van der Waals surface area (Å²) in [6.45, 7) is 3.70. The van der Waals surface area contributed by atoms with Crippen LogP contribution in [0.1, 0.15) is 11.4 Å². The predicted molar refractivity (Wildman–Crippen MR) is 144 cm³/mol. The van der Waals surface area contributed by atoms with Crippen LogP contribution in [0.15, 0.2) is 53.6 Å². The normalized spacial score (nSPS) is 11.5. The van der Waals surface area contributed by atoms with E-state index in [2.05, 4.69) is 30.2 Å². The molecule has 0 saturated heterocycles. The van der Waals surface area contributed by atoms with Crippen LogP contribution in [-0.4, -0.2) is 68.2 Å². The molecule has 0 saturated carbocycles. The van der Waals surface area contributed by atoms with E-state index in [9.17, 15) is 4.79 Å². The first-order chi connectivity index (χ1) is 17.9. The minimum Gasteiger partial charge on any atom is -0.492 e. The number of nitrogens with two attached hydrogens (primary N) is 1. The van der Waals surface area contributed by atoms with Gasteiger partial charge in [0.15, 0.2) is 11.5 Å². The molecule has 0 atom stereocenters. The summed E-state index contributed by atoms with van der Waals surface area (Å²) in [6.07, 6.45) is 1.99. The van der Waals surface area contributed by atoms with Gasteiger partial charge in [0.05, 0.1) is 22.9 Å². The number of hydrogen-bond donors (Lipinski definition) is 3. The van der Waals surface area contributed by atoms with Gasteiger partial charge in [-0.1, -0.05) is 18.2 Å². The fourth-order valence-electron chi connectivity index (χ4n) is 4.20. The maximum absolute atomic E-state index is 13.8. The van der Waals surface area contributed by atoms with E-state index < -0.39 is 0 Å². The van der Waals surface area contributed by atoms with Gasteiger partial charge in [-0.05, 0) is 44.8 Å². The first-order valence-corrected chi connectivity index (χ1v) is 12.0. The van der Waals surface area contributed by atoms with E-state index in [1.807, 2.05) is 63.5 Å². The predicted octanol–water partition coefficient (Wildman–Crippen LogP) is 2.54. The van der Waals surface area contributed by atoms with Gasteiger partial charge in [-0.25, -0.2) is 9.97 Å². The maximum Gasteiger partial charge on any atom is 0.266 e. The summed E-state index contributed by atoms with van der Waals surface area (Å²) in [4.78, 5) is 36.4. The molecule has 0 fully saturated rings. The fraction of sp³-hybridized carbons (Fsp3) is 0.269. The molecule has 5 rings (SSSR count). The van der Waals surface area contributed by atoms with Crippen LogP contribution in [0.5, 0.6) is 5.75 Å². The first-order valence-electron chi connectivity index (χ1n) is 12.0. The number of aromatic amines is 1. The number of benzene rings is 2. The van der Waals surface area contributed by atoms with Crippen LogP contribution in [0.25, 0.3) is 27.8 Å². The monoisotopic (exact) mass is 499 g/mol. The quantitative estimate of drug-likeness (QED) is 0.279. The van der Waals surface area contributed by atoms with Crippen molar-refractivity contribution in [1.29, 1.82) is 0 Å². The number of imidazole rings is 1. The molecule has 37 heavy (non-hydrogen) atoms. The zero-order chi connectivity index (χ0) is 25.9. The number of aromatic nitrogens is 6. The summed E-state index contributed by atoms with van der Waals surface area (Å²) in [6, 6.07) is 13.2. The second-order valence-corrected chi connectivity index (χ2v) is 8.99. The number of likely N-dealkylation sites (N-methyl/N-ethyl adjacent to an activating group) is 1. The highest BCUT2D eigenvalue weighted by molar-refractivity contribution is 5.83. The number of H-pyrrole nitrogens is 1. The van der Waals surface area contributed by atoms with Gasteiger partial charge in [-0.3, -0.25) is 9.36 Å². The zero-order valence-corrected chi connectivity index (χ0v) is 21.0. The standard InChI is InChI=1S/C26H29N9O2/c1-16-6-4-9-19-21(16)25(36)35(17-7-5-8-18(14-17)37-13-12-34(2)3)20(31-19)10-11-28-23-22-24(30-15-29-22)33-26(27)32-23/h4-9,14-15H,10-13H2,1-3H3,(H4,27,28,29,30,32,33). The Hall–Kier alpha value is -4.51. The Morgan fingerprint density at radius 2 is 1.97 bits per heavy atom. The lowest BCUT2D eigenvalue weighted by Crippen LogP contribution is -2.26. The van der Waals surface area contributed by atoms with Crippen molar-refractivity contribution < 1.29 is 4.74 Å². The van der Waals surface area contributed by atoms with Crippen molar-refractivity contribution in [2.75, 3.05) is 44.8 Å². The lowest BCUT2D eigenvalue weighted by molar-refractivity contribution is 0.261. The summed E-state index contributed by atoms with van der Waals surface area (Å²) < 4.78 is 7.59. The van der Waals surface area contributed by atoms with Crippen LogP contribution in [0.2, 0.25) is 0 Å². The third kappa shape index (κ3) is 5.07. The highest BCUT2D eigenvalue weighted by atomic mass is 16.5. The van der Waals surface area contributed by atoms with Crippen molar-refractivity contribution in [2.24, 2.45) is 0 Å². The summed E-state index contributed by atoms with van der Waals surface area (Å²) >= 11 is 0. The number of fused-ring (bicyclic) bond motifs is 2. The van der Waals surface area contributed by atoms with Crippen LogP contribution >= 0.6 is 0 Å². The minimum atomic E-state index is -0.121. The number of hydrogen-bond acceptors (Lipinski definition) is 9. The summed E-state index contributed by atoms with van der Waals surface area (Å²) in [5, 5.41) is 3.87. The zero-order valence-electron chi connectivity index (χ0n) is 21.0. The lowest BCUT2D eigenvalue weighted by Gasteiger charge is -2.16. The molecule has 3 aromatic heterocycles. The second kappa shape index (κ2) is 10.2. The van der Waals surface area contributed by atoms with Gasteiger partial charge in [0, 0.05) is 25.6 Å². The molecule has 0 radical (unpaired) electrons. The Morgan fingerprint density at radius 3 is 2.81 bits per heavy atom. The van der Waals surface area contributed by atoms with Gasteiger partial charge < -0.3 is 25.7 Å². The first kappa shape index (κ1) is 24.2. The third-order valence-electron chi connectivity index (χ3n) is 6.00. The number of nitrogen functional groups attached to an aromatic ring is 1. The Bertz CT molecular complexity index is 1620. The number of nitrogens with one attached hydrogen (secondary N) is 2. The van der Waals surface area contributed by atoms with E-state index >= 15 is 0 Å². The lowest BCUT2D eigenvalue weighted by atomic mass is 10.1. The molecule has 2 aromatic carbocycles. The second-order valence-electron chi connectivity index (χ2n) is 8.99. The highest BCUT2D eigenvalue weighted by Gasteiger charge is 2.16. The van der Waals surface area contributed by atoms with Crippen LogP contribution < -0.4 is 21.3 Å². The van der Waals surface area contributed by atoms with Gasteiger partial charge in [0.2, 0.25) is 5.95 Å². The minimum absolute atomic E-state index is 0.121. The molecule has 0 spiro atoms. The van der Waals surface area contributed by atoms with Crippen molar-refractivity contribution in [3.05, 3.63) is 70.5 Å². The van der Waals surface area contributed by atoms with Crippen molar-refractivity contribution in [1.82, 2.24) is 34.4 Å². The number of rotatable bonds is 9. The molecule has 11 heteroatoms. The molecular formula is C26H29N9O2. The van der Waals surface area contributed by atoms with Gasteiger partial charge in [-0.2, -0.15) is 9.97 Å². The molecule has 11 nitrogen and oxygen atoms in total. The van der Waals surface area contributed by atoms with Gasteiger partial charge in [-0.15, -0.1) is 0 Å². The van der Waals surface area contributed by atoms with Crippen molar-refractivity contribution >= 4 is 33.8 Å². The summed E-state index contributed by atoms with van der Waals surface area (Å²) in [5.41, 5.74) is 9.11. The topological polar surface area (TPSA) is 140 Å². The van der Waals surface area contributed by atoms with E-state index in [1.165, 1.54) is 0 Å². The molecule has 5 aromatic rings. The molecule has 0 bridgehead atoms. The van der Waals surface area contributed by atoms with Gasteiger partial charge in [0.1, 0.15) is 23.7 Å². The van der Waals surface area contributed by atoms with E-state index in [0.717, 1.165) is 12.1 Å². The van der Waals surface area contributed by atoms with E-state index in [4.69, 9.17) is 15.5 Å². The molecule has 0 aliphatic carbocycles. The van der Waals surface area contributed by atoms with E-state index in [-0.39, 0.29) is 11.5 Å². The average Bonchev–Trinajstić information content (AvgIpc) is 3.32. The number of anilines is 2. The smallest absolute Gasteiger partial charge is 0.266 e. The van der Waals surface area contributed by atoms with Gasteiger partial charge in [0.25, 0.3) is 5.56 Å². The van der Waals surface area contributed by atoms with Crippen molar-refractivity contribution in [3.8, 4) is 11.4 Å². The number of ether oxygens (including phenoxy) is 1. The van der Waals surface area contributed by atoms with E-state index in [1.54, 1.807) is 10.9 Å². The summed E-state index contributed by atoms with van der Waals surface area (Å²) in [5.74, 6) is 1.96. The summed E-state index contributed by atoms with van der Waals surface area (Å²) in [7, 11) is 3.99. The maximum atomic E-state index is 13.8. The van der Waals surface area contributed by atoms with E-state index in [0.29, 0.717) is 64.7 Å².